The van der Waals surface area contributed by atoms with E-state index >= 15 is 0 Å². The van der Waals surface area contributed by atoms with Crippen molar-refractivity contribution < 1.29 is 19.1 Å². The van der Waals surface area contributed by atoms with E-state index in [0.717, 1.165) is 0 Å². The Bertz CT molecular complexity index is 503. The van der Waals surface area contributed by atoms with Crippen molar-refractivity contribution in [2.24, 2.45) is 11.7 Å². The Hall–Kier alpha value is -2.44. The Morgan fingerprint density at radius 3 is 2.57 bits per heavy atom. The molecule has 0 spiro atoms. The number of primary amides is 1. The first-order valence-electron chi connectivity index (χ1n) is 6.56. The summed E-state index contributed by atoms with van der Waals surface area (Å²) in [5.41, 5.74) is 5.56. The van der Waals surface area contributed by atoms with E-state index in [1.165, 1.54) is 7.11 Å². The van der Waals surface area contributed by atoms with Crippen molar-refractivity contribution in [3.05, 3.63) is 18.2 Å². The van der Waals surface area contributed by atoms with Crippen LogP contribution >= 0.6 is 0 Å². The van der Waals surface area contributed by atoms with Gasteiger partial charge in [0.05, 0.1) is 7.11 Å². The van der Waals surface area contributed by atoms with Crippen molar-refractivity contribution >= 4 is 17.6 Å². The minimum absolute atomic E-state index is 0.265. The van der Waals surface area contributed by atoms with Gasteiger partial charge in [0, 0.05) is 18.3 Å². The van der Waals surface area contributed by atoms with Gasteiger partial charge in [-0.2, -0.15) is 0 Å². The number of nitrogens with one attached hydrogen (secondary N) is 2. The average molecular weight is 295 g/mol. The van der Waals surface area contributed by atoms with Crippen LogP contribution in [0, 0.1) is 5.92 Å². The van der Waals surface area contributed by atoms with Crippen LogP contribution in [0.3, 0.4) is 0 Å². The minimum atomic E-state index is -0.593. The zero-order valence-electron chi connectivity index (χ0n) is 12.4. The molecule has 21 heavy (non-hydrogen) atoms. The fourth-order valence-electron chi connectivity index (χ4n) is 1.49. The third kappa shape index (κ3) is 6.03. The second kappa shape index (κ2) is 7.98. The molecular weight excluding hydrogens is 274 g/mol. The molecule has 0 fully saturated rings. The summed E-state index contributed by atoms with van der Waals surface area (Å²) < 4.78 is 10.3. The van der Waals surface area contributed by atoms with Gasteiger partial charge in [0.2, 0.25) is 0 Å². The van der Waals surface area contributed by atoms with Gasteiger partial charge < -0.3 is 25.8 Å². The molecule has 4 N–H and O–H groups in total. The first kappa shape index (κ1) is 16.6. The van der Waals surface area contributed by atoms with E-state index in [0.29, 0.717) is 29.6 Å². The molecule has 0 atom stereocenters. The number of nitrogens with two attached hydrogens (primary N) is 1. The molecule has 7 nitrogen and oxygen atoms in total. The lowest BCUT2D eigenvalue weighted by molar-refractivity contribution is -0.119. The zero-order chi connectivity index (χ0) is 15.8. The second-order valence-corrected chi connectivity index (χ2v) is 4.85. The maximum atomic E-state index is 11.7. The topological polar surface area (TPSA) is 103 Å². The SMILES string of the molecule is COc1ccc(NC(=O)NCC(C)C)cc1OCC(N)=O. The number of hydrogen-bond acceptors (Lipinski definition) is 4. The second-order valence-electron chi connectivity index (χ2n) is 4.85. The molecule has 0 radical (unpaired) electrons. The maximum absolute atomic E-state index is 11.7. The van der Waals surface area contributed by atoms with E-state index in [9.17, 15) is 9.59 Å². The van der Waals surface area contributed by atoms with Crippen molar-refractivity contribution in [2.75, 3.05) is 25.6 Å². The lowest BCUT2D eigenvalue weighted by atomic mass is 10.2. The molecule has 0 saturated carbocycles. The Balaban J connectivity index is 2.72. The van der Waals surface area contributed by atoms with Crippen molar-refractivity contribution in [2.45, 2.75) is 13.8 Å². The molecular formula is C14H21N3O4. The van der Waals surface area contributed by atoms with Gasteiger partial charge in [-0.05, 0) is 18.1 Å². The third-order valence-corrected chi connectivity index (χ3v) is 2.46. The smallest absolute Gasteiger partial charge is 0.319 e. The van der Waals surface area contributed by atoms with Crippen LogP contribution in [0.15, 0.2) is 18.2 Å². The number of ether oxygens (including phenoxy) is 2. The highest BCUT2D eigenvalue weighted by atomic mass is 16.5. The molecule has 116 valence electrons. The molecule has 0 aliphatic carbocycles. The normalized spacial score (nSPS) is 10.1. The summed E-state index contributed by atoms with van der Waals surface area (Å²) in [7, 11) is 1.48. The molecule has 0 aliphatic heterocycles. The molecule has 0 bridgehead atoms. The number of rotatable bonds is 7. The maximum Gasteiger partial charge on any atom is 0.319 e. The van der Waals surface area contributed by atoms with Crippen LogP contribution < -0.4 is 25.8 Å². The number of urea groups is 1. The van der Waals surface area contributed by atoms with Crippen LogP contribution in [0.5, 0.6) is 11.5 Å². The van der Waals surface area contributed by atoms with Gasteiger partial charge in [0.15, 0.2) is 18.1 Å². The summed E-state index contributed by atoms with van der Waals surface area (Å²) in [6.07, 6.45) is 0. The van der Waals surface area contributed by atoms with Gasteiger partial charge in [-0.15, -0.1) is 0 Å². The molecule has 0 heterocycles. The van der Waals surface area contributed by atoms with Gasteiger partial charge in [0.1, 0.15) is 0 Å². The lowest BCUT2D eigenvalue weighted by Crippen LogP contribution is -2.31. The van der Waals surface area contributed by atoms with Crippen LogP contribution in [0.2, 0.25) is 0 Å². The average Bonchev–Trinajstić information content (AvgIpc) is 2.43. The quantitative estimate of drug-likeness (QED) is 0.706. The summed E-state index contributed by atoms with van der Waals surface area (Å²) in [5.74, 6) is 0.550. The highest BCUT2D eigenvalue weighted by molar-refractivity contribution is 5.89. The van der Waals surface area contributed by atoms with E-state index in [-0.39, 0.29) is 12.6 Å². The van der Waals surface area contributed by atoms with Gasteiger partial charge in [-0.1, -0.05) is 13.8 Å². The van der Waals surface area contributed by atoms with E-state index in [1.54, 1.807) is 18.2 Å². The van der Waals surface area contributed by atoms with Gasteiger partial charge in [0.25, 0.3) is 5.91 Å². The van der Waals surface area contributed by atoms with Crippen LogP contribution in [0.1, 0.15) is 13.8 Å². The number of benzene rings is 1. The van der Waals surface area contributed by atoms with Crippen molar-refractivity contribution in [3.8, 4) is 11.5 Å². The highest BCUT2D eigenvalue weighted by Crippen LogP contribution is 2.30. The number of hydrogen-bond donors (Lipinski definition) is 3. The van der Waals surface area contributed by atoms with E-state index in [2.05, 4.69) is 10.6 Å². The molecule has 0 aromatic heterocycles. The summed E-state index contributed by atoms with van der Waals surface area (Å²) in [6, 6.07) is 4.56. The van der Waals surface area contributed by atoms with Gasteiger partial charge >= 0.3 is 6.03 Å². The summed E-state index contributed by atoms with van der Waals surface area (Å²) in [4.78, 5) is 22.4. The molecule has 7 heteroatoms. The molecule has 1 aromatic rings. The minimum Gasteiger partial charge on any atom is -0.493 e. The summed E-state index contributed by atoms with van der Waals surface area (Å²) in [5, 5.41) is 5.41. The molecule has 0 saturated heterocycles. The number of amides is 3. The Kier molecular flexibility index (Phi) is 6.32. The Labute approximate surface area is 123 Å². The van der Waals surface area contributed by atoms with Crippen LogP contribution in [-0.2, 0) is 4.79 Å². The number of anilines is 1. The van der Waals surface area contributed by atoms with Crippen molar-refractivity contribution in [1.82, 2.24) is 5.32 Å². The predicted molar refractivity (Wildman–Crippen MR) is 79.5 cm³/mol. The predicted octanol–water partition coefficient (Wildman–Crippen LogP) is 1.34. The van der Waals surface area contributed by atoms with Crippen LogP contribution in [-0.4, -0.2) is 32.2 Å². The van der Waals surface area contributed by atoms with Crippen molar-refractivity contribution in [1.29, 1.82) is 0 Å². The number of carbonyl (C=O) groups excluding carboxylic acids is 2. The number of carbonyl (C=O) groups is 2. The van der Waals surface area contributed by atoms with Gasteiger partial charge in [-0.25, -0.2) is 4.79 Å². The fourth-order valence-corrected chi connectivity index (χ4v) is 1.49. The fraction of sp³-hybridized carbons (Fsp3) is 0.429. The van der Waals surface area contributed by atoms with Crippen molar-refractivity contribution in [3.63, 3.8) is 0 Å². The van der Waals surface area contributed by atoms with E-state index in [1.807, 2.05) is 13.8 Å². The van der Waals surface area contributed by atoms with Crippen LogP contribution in [0.25, 0.3) is 0 Å². The zero-order valence-corrected chi connectivity index (χ0v) is 12.4. The summed E-state index contributed by atoms with van der Waals surface area (Å²) >= 11 is 0. The Morgan fingerprint density at radius 1 is 1.29 bits per heavy atom. The Morgan fingerprint density at radius 2 is 2.00 bits per heavy atom. The van der Waals surface area contributed by atoms with Gasteiger partial charge in [-0.3, -0.25) is 4.79 Å². The summed E-state index contributed by atoms with van der Waals surface area (Å²) in [6.45, 7) is 4.32. The third-order valence-electron chi connectivity index (χ3n) is 2.46. The molecule has 0 aliphatic rings. The lowest BCUT2D eigenvalue weighted by Gasteiger charge is -2.13. The van der Waals surface area contributed by atoms with E-state index < -0.39 is 5.91 Å². The molecule has 1 rings (SSSR count). The van der Waals surface area contributed by atoms with E-state index in [4.69, 9.17) is 15.2 Å². The largest absolute Gasteiger partial charge is 0.493 e. The first-order valence-corrected chi connectivity index (χ1v) is 6.56. The molecule has 0 unspecified atom stereocenters. The molecule has 3 amide bonds. The van der Waals surface area contributed by atoms with Crippen LogP contribution in [0.4, 0.5) is 10.5 Å². The highest BCUT2D eigenvalue weighted by Gasteiger charge is 2.09. The molecule has 1 aromatic carbocycles. The monoisotopic (exact) mass is 295 g/mol. The first-order chi connectivity index (χ1) is 9.92. The standard InChI is InChI=1S/C14H21N3O4/c1-9(2)7-16-14(19)17-10-4-5-11(20-3)12(6-10)21-8-13(15)18/h4-6,9H,7-8H2,1-3H3,(H2,15,18)(H2,16,17,19). The number of methoxy groups -OCH3 is 1.